The highest BCUT2D eigenvalue weighted by molar-refractivity contribution is 7.92. The molecule has 0 aliphatic rings. The van der Waals surface area contributed by atoms with Gasteiger partial charge in [0.05, 0.1) is 23.3 Å². The van der Waals surface area contributed by atoms with E-state index in [9.17, 15) is 31.2 Å². The number of pyridine rings is 1. The van der Waals surface area contributed by atoms with Gasteiger partial charge in [-0.3, -0.25) is 14.8 Å². The fraction of sp³-hybridized carbons (Fsp3) is 0.188. The second kappa shape index (κ2) is 9.41. The van der Waals surface area contributed by atoms with Crippen molar-refractivity contribution in [3.8, 4) is 11.6 Å². The number of halogens is 3. The quantitative estimate of drug-likeness (QED) is 0.575. The lowest BCUT2D eigenvalue weighted by Crippen LogP contribution is -2.37. The number of ether oxygens (including phenoxy) is 2. The van der Waals surface area contributed by atoms with E-state index in [1.807, 2.05) is 5.32 Å². The third kappa shape index (κ3) is 7.21. The first kappa shape index (κ1) is 22.9. The highest BCUT2D eigenvalue weighted by atomic mass is 32.2. The van der Waals surface area contributed by atoms with Gasteiger partial charge in [-0.05, 0) is 30.3 Å². The number of nitrogens with zero attached hydrogens (tertiary/aromatic N) is 1. The largest absolute Gasteiger partial charge is 0.484 e. The minimum Gasteiger partial charge on any atom is -0.484 e. The molecule has 0 saturated heterocycles. The second-order valence-electron chi connectivity index (χ2n) is 5.51. The minimum absolute atomic E-state index is 0.0122. The number of carbonyl (C=O) groups excluding carboxylic acids is 2. The number of hydrogen-bond donors (Lipinski definition) is 3. The summed E-state index contributed by atoms with van der Waals surface area (Å²) in [5.41, 5.74) is 5.04. The van der Waals surface area contributed by atoms with Crippen molar-refractivity contribution < 1.29 is 40.7 Å². The third-order valence-electron chi connectivity index (χ3n) is 3.15. The van der Waals surface area contributed by atoms with E-state index in [2.05, 4.69) is 14.4 Å². The summed E-state index contributed by atoms with van der Waals surface area (Å²) in [4.78, 5) is 25.8. The molecule has 0 aliphatic heterocycles. The number of nitrogens with two attached hydrogens (primary N) is 1. The van der Waals surface area contributed by atoms with E-state index in [1.165, 1.54) is 12.1 Å². The fourth-order valence-corrected chi connectivity index (χ4v) is 2.92. The van der Waals surface area contributed by atoms with Gasteiger partial charge in [0.2, 0.25) is 11.8 Å². The number of aromatic nitrogens is 1. The lowest BCUT2D eigenvalue weighted by molar-refractivity contribution is -0.153. The van der Waals surface area contributed by atoms with Gasteiger partial charge in [0.15, 0.2) is 6.61 Å². The fourth-order valence-electron chi connectivity index (χ4n) is 1.88. The second-order valence-corrected chi connectivity index (χ2v) is 7.19. The van der Waals surface area contributed by atoms with Crippen LogP contribution in [0.2, 0.25) is 0 Å². The Hall–Kier alpha value is -3.39. The Morgan fingerprint density at radius 1 is 1.10 bits per heavy atom. The van der Waals surface area contributed by atoms with Crippen molar-refractivity contribution in [2.45, 2.75) is 11.1 Å². The zero-order valence-corrected chi connectivity index (χ0v) is 15.8. The van der Waals surface area contributed by atoms with E-state index in [1.54, 1.807) is 0 Å². The number of nitrogens with one attached hydrogen (secondary N) is 2. The lowest BCUT2D eigenvalue weighted by atomic mass is 10.3. The molecule has 2 amide bonds. The zero-order chi connectivity index (χ0) is 22.4. The van der Waals surface area contributed by atoms with Crippen LogP contribution in [0.25, 0.3) is 0 Å². The molecular formula is C16H15F3N4O6S. The summed E-state index contributed by atoms with van der Waals surface area (Å²) < 4.78 is 72.5. The minimum atomic E-state index is -4.52. The maximum atomic E-state index is 12.3. The van der Waals surface area contributed by atoms with Crippen LogP contribution in [0, 0.1) is 0 Å². The van der Waals surface area contributed by atoms with E-state index in [0.717, 1.165) is 30.5 Å². The molecule has 0 atom stereocenters. The predicted molar refractivity (Wildman–Crippen MR) is 96.3 cm³/mol. The number of benzene rings is 1. The van der Waals surface area contributed by atoms with E-state index in [0.29, 0.717) is 0 Å². The molecule has 1 heterocycles. The predicted octanol–water partition coefficient (Wildman–Crippen LogP) is 1.40. The van der Waals surface area contributed by atoms with Gasteiger partial charge in [-0.1, -0.05) is 0 Å². The number of anilines is 1. The Labute approximate surface area is 168 Å². The molecule has 0 aliphatic carbocycles. The number of rotatable bonds is 7. The monoisotopic (exact) mass is 448 g/mol. The standard InChI is InChI=1S/C16H15F3N4O6S/c17-16(18,19)9-28-11-2-4-12(5-3-11)30(26,27)23-10-1-6-14(21-8-10)29-15(25)22-13(24)7-20/h1-6,8,23H,7,9,20H2,(H,22,24,25). The molecule has 2 rings (SSSR count). The Morgan fingerprint density at radius 3 is 2.30 bits per heavy atom. The van der Waals surface area contributed by atoms with Crippen molar-refractivity contribution in [2.24, 2.45) is 5.73 Å². The summed E-state index contributed by atoms with van der Waals surface area (Å²) in [6.07, 6.45) is -4.58. The third-order valence-corrected chi connectivity index (χ3v) is 4.55. The molecule has 0 spiro atoms. The van der Waals surface area contributed by atoms with Gasteiger partial charge in [-0.2, -0.15) is 13.2 Å². The molecule has 1 aromatic carbocycles. The van der Waals surface area contributed by atoms with Crippen LogP contribution >= 0.6 is 0 Å². The molecule has 2 aromatic rings. The number of alkyl halides is 3. The molecule has 30 heavy (non-hydrogen) atoms. The number of imide groups is 1. The molecule has 14 heteroatoms. The van der Waals surface area contributed by atoms with Gasteiger partial charge < -0.3 is 15.2 Å². The first-order chi connectivity index (χ1) is 14.0. The normalized spacial score (nSPS) is 11.5. The van der Waals surface area contributed by atoms with Crippen LogP contribution in [0.3, 0.4) is 0 Å². The van der Waals surface area contributed by atoms with Crippen LogP contribution < -0.4 is 25.2 Å². The number of sulfonamides is 1. The Balaban J connectivity index is 1.99. The smallest absolute Gasteiger partial charge is 0.422 e. The molecule has 0 fully saturated rings. The summed E-state index contributed by atoms with van der Waals surface area (Å²) in [5.74, 6) is -1.13. The van der Waals surface area contributed by atoms with Crippen LogP contribution in [-0.2, 0) is 14.8 Å². The summed E-state index contributed by atoms with van der Waals surface area (Å²) in [5, 5.41) is 1.82. The molecule has 0 unspecified atom stereocenters. The van der Waals surface area contributed by atoms with E-state index < -0.39 is 41.4 Å². The molecule has 4 N–H and O–H groups in total. The summed E-state index contributed by atoms with van der Waals surface area (Å²) in [6.45, 7) is -1.92. The van der Waals surface area contributed by atoms with E-state index in [-0.39, 0.29) is 22.2 Å². The Morgan fingerprint density at radius 2 is 1.77 bits per heavy atom. The van der Waals surface area contributed by atoms with Crippen molar-refractivity contribution in [2.75, 3.05) is 17.9 Å². The highest BCUT2D eigenvalue weighted by Crippen LogP contribution is 2.22. The molecule has 0 radical (unpaired) electrons. The van der Waals surface area contributed by atoms with Crippen LogP contribution in [-0.4, -0.2) is 44.7 Å². The maximum absolute atomic E-state index is 12.3. The summed E-state index contributed by atoms with van der Waals surface area (Å²) >= 11 is 0. The van der Waals surface area contributed by atoms with Gasteiger partial charge in [-0.15, -0.1) is 0 Å². The van der Waals surface area contributed by atoms with Gasteiger partial charge in [0.1, 0.15) is 5.75 Å². The van der Waals surface area contributed by atoms with Crippen LogP contribution in [0.1, 0.15) is 0 Å². The van der Waals surface area contributed by atoms with Gasteiger partial charge in [0.25, 0.3) is 10.0 Å². The maximum Gasteiger partial charge on any atom is 0.422 e. The van der Waals surface area contributed by atoms with Crippen LogP contribution in [0.15, 0.2) is 47.5 Å². The number of carbonyl (C=O) groups is 2. The first-order valence-electron chi connectivity index (χ1n) is 7.99. The summed E-state index contributed by atoms with van der Waals surface area (Å²) in [6, 6.07) is 6.69. The van der Waals surface area contributed by atoms with Crippen molar-refractivity contribution in [3.05, 3.63) is 42.6 Å². The molecule has 1 aromatic heterocycles. The highest BCUT2D eigenvalue weighted by Gasteiger charge is 2.28. The first-order valence-corrected chi connectivity index (χ1v) is 9.47. The van der Waals surface area contributed by atoms with Gasteiger partial charge in [0, 0.05) is 6.07 Å². The van der Waals surface area contributed by atoms with Crippen molar-refractivity contribution in [3.63, 3.8) is 0 Å². The Kier molecular flexibility index (Phi) is 7.18. The van der Waals surface area contributed by atoms with Gasteiger partial charge >= 0.3 is 12.3 Å². The van der Waals surface area contributed by atoms with Crippen LogP contribution in [0.5, 0.6) is 11.6 Å². The van der Waals surface area contributed by atoms with Crippen molar-refractivity contribution >= 4 is 27.7 Å². The van der Waals surface area contributed by atoms with Crippen LogP contribution in [0.4, 0.5) is 23.7 Å². The van der Waals surface area contributed by atoms with Crippen molar-refractivity contribution in [1.82, 2.24) is 10.3 Å². The average Bonchev–Trinajstić information content (AvgIpc) is 2.67. The zero-order valence-electron chi connectivity index (χ0n) is 15.0. The van der Waals surface area contributed by atoms with Crippen molar-refractivity contribution in [1.29, 1.82) is 0 Å². The molecule has 10 nitrogen and oxygen atoms in total. The topological polar surface area (TPSA) is 150 Å². The number of hydrogen-bond acceptors (Lipinski definition) is 8. The van der Waals surface area contributed by atoms with E-state index in [4.69, 9.17) is 10.5 Å². The summed E-state index contributed by atoms with van der Waals surface area (Å²) in [7, 11) is -4.08. The lowest BCUT2D eigenvalue weighted by Gasteiger charge is -2.11. The van der Waals surface area contributed by atoms with Gasteiger partial charge in [-0.25, -0.2) is 18.2 Å². The van der Waals surface area contributed by atoms with E-state index >= 15 is 0 Å². The SMILES string of the molecule is NCC(=O)NC(=O)Oc1ccc(NS(=O)(=O)c2ccc(OCC(F)(F)F)cc2)cn1. The Bertz CT molecular complexity index is 995. The molecule has 0 bridgehead atoms. The molecule has 162 valence electrons. The average molecular weight is 448 g/mol. The molecule has 0 saturated carbocycles. The number of amides is 2. The molecular weight excluding hydrogens is 433 g/mol.